The number of ether oxygens (including phenoxy) is 1. The van der Waals surface area contributed by atoms with E-state index in [0.717, 1.165) is 6.07 Å². The first-order chi connectivity index (χ1) is 13.5. The van der Waals surface area contributed by atoms with Gasteiger partial charge in [-0.3, -0.25) is 4.79 Å². The molecule has 3 N–H and O–H groups in total. The lowest BCUT2D eigenvalue weighted by Gasteiger charge is -2.25. The zero-order chi connectivity index (χ0) is 21.7. The number of aliphatic hydroxyl groups excluding tert-OH is 1. The van der Waals surface area contributed by atoms with Crippen LogP contribution in [0.5, 0.6) is 11.5 Å². The Morgan fingerprint density at radius 3 is 2.52 bits per heavy atom. The highest BCUT2D eigenvalue weighted by atomic mass is 16.5. The molecule has 0 bridgehead atoms. The second-order valence-electron chi connectivity index (χ2n) is 8.32. The van der Waals surface area contributed by atoms with Gasteiger partial charge in [0.15, 0.2) is 5.78 Å². The minimum absolute atomic E-state index is 0.00648. The molecule has 1 aliphatic heterocycles. The van der Waals surface area contributed by atoms with Gasteiger partial charge in [0.1, 0.15) is 28.7 Å². The van der Waals surface area contributed by atoms with Gasteiger partial charge in [-0.1, -0.05) is 20.8 Å². The summed E-state index contributed by atoms with van der Waals surface area (Å²) in [5, 5.41) is 32.1. The average molecular weight is 404 g/mol. The molecule has 7 heteroatoms. The Labute approximate surface area is 168 Å². The molecule has 2 heterocycles. The second-order valence-corrected chi connectivity index (χ2v) is 8.32. The maximum absolute atomic E-state index is 13.1. The average Bonchev–Trinajstić information content (AvgIpc) is 3.11. The number of hydrogen-bond donors (Lipinski definition) is 3. The van der Waals surface area contributed by atoms with Crippen LogP contribution in [-0.4, -0.2) is 32.8 Å². The van der Waals surface area contributed by atoms with Crippen LogP contribution in [0.1, 0.15) is 75.0 Å². The summed E-state index contributed by atoms with van der Waals surface area (Å²) in [6, 6.07) is 1.14. The Balaban J connectivity index is 2.42. The molecular weight excluding hydrogens is 376 g/mol. The van der Waals surface area contributed by atoms with E-state index in [9.17, 15) is 24.9 Å². The first-order valence-electron chi connectivity index (χ1n) is 9.97. The number of ketones is 1. The standard InChI is InChI=1S/C22H28O7/c1-6-10(3)18(25)17-19(26)16-11(13(23)7-2)9-15(24)29-20(16)12-8-14(22(4,5)27)28-21(12)17/h9-10,13-14,23,26-27H,6-8H2,1-5H3/t10-,13+,14?/m0/s1. The van der Waals surface area contributed by atoms with Crippen molar-refractivity contribution in [3.05, 3.63) is 33.2 Å². The van der Waals surface area contributed by atoms with Crippen molar-refractivity contribution in [2.75, 3.05) is 0 Å². The minimum Gasteiger partial charge on any atom is -0.506 e. The first kappa shape index (κ1) is 21.3. The number of fused-ring (bicyclic) bond motifs is 3. The molecule has 1 aromatic carbocycles. The summed E-state index contributed by atoms with van der Waals surface area (Å²) < 4.78 is 11.3. The normalized spacial score (nSPS) is 18.4. The van der Waals surface area contributed by atoms with Gasteiger partial charge in [-0.05, 0) is 26.7 Å². The van der Waals surface area contributed by atoms with E-state index in [1.54, 1.807) is 27.7 Å². The molecule has 0 saturated carbocycles. The summed E-state index contributed by atoms with van der Waals surface area (Å²) in [7, 11) is 0. The van der Waals surface area contributed by atoms with Gasteiger partial charge in [0.2, 0.25) is 0 Å². The van der Waals surface area contributed by atoms with Gasteiger partial charge in [0.25, 0.3) is 0 Å². The van der Waals surface area contributed by atoms with Crippen LogP contribution in [0.15, 0.2) is 15.3 Å². The van der Waals surface area contributed by atoms with Crippen molar-refractivity contribution in [2.24, 2.45) is 5.92 Å². The summed E-state index contributed by atoms with van der Waals surface area (Å²) in [6.45, 7) is 8.54. The molecule has 0 fully saturated rings. The Kier molecular flexibility index (Phi) is 5.49. The number of carbonyl (C=O) groups excluding carboxylic acids is 1. The second kappa shape index (κ2) is 7.46. The van der Waals surface area contributed by atoms with Gasteiger partial charge < -0.3 is 24.5 Å². The van der Waals surface area contributed by atoms with Crippen molar-refractivity contribution in [3.63, 3.8) is 0 Å². The van der Waals surface area contributed by atoms with Crippen LogP contribution in [-0.2, 0) is 6.42 Å². The van der Waals surface area contributed by atoms with Crippen LogP contribution in [0, 0.1) is 5.92 Å². The lowest BCUT2D eigenvalue weighted by atomic mass is 9.89. The molecule has 29 heavy (non-hydrogen) atoms. The number of phenols is 1. The smallest absolute Gasteiger partial charge is 0.336 e. The number of hydrogen-bond acceptors (Lipinski definition) is 7. The van der Waals surface area contributed by atoms with Crippen molar-refractivity contribution in [3.8, 4) is 11.5 Å². The molecular formula is C22H28O7. The molecule has 1 unspecified atom stereocenters. The zero-order valence-electron chi connectivity index (χ0n) is 17.4. The van der Waals surface area contributed by atoms with Crippen molar-refractivity contribution in [1.29, 1.82) is 0 Å². The molecule has 0 spiro atoms. The SMILES string of the molecule is CC[C@@H](O)c1cc(=O)oc2c3c(c(C(=O)[C@@H](C)CC)c(O)c12)OC(C(C)(C)O)C3. The fourth-order valence-electron chi connectivity index (χ4n) is 3.68. The molecule has 0 aliphatic carbocycles. The van der Waals surface area contributed by atoms with E-state index in [1.807, 2.05) is 6.92 Å². The van der Waals surface area contributed by atoms with Gasteiger partial charge in [0.05, 0.1) is 17.1 Å². The van der Waals surface area contributed by atoms with Crippen molar-refractivity contribution < 1.29 is 29.3 Å². The number of aliphatic hydroxyl groups is 2. The van der Waals surface area contributed by atoms with Gasteiger partial charge in [-0.25, -0.2) is 4.79 Å². The number of phenolic OH excluding ortho intramolecular Hbond substituents is 1. The first-order valence-corrected chi connectivity index (χ1v) is 9.97. The summed E-state index contributed by atoms with van der Waals surface area (Å²) in [6.07, 6.45) is -0.619. The molecule has 1 aliphatic rings. The van der Waals surface area contributed by atoms with E-state index in [1.165, 1.54) is 0 Å². The molecule has 1 aromatic heterocycles. The fraction of sp³-hybridized carbons (Fsp3) is 0.545. The third-order valence-electron chi connectivity index (χ3n) is 5.73. The molecule has 2 aromatic rings. The highest BCUT2D eigenvalue weighted by Gasteiger charge is 2.41. The van der Waals surface area contributed by atoms with Crippen LogP contribution < -0.4 is 10.4 Å². The number of aromatic hydroxyl groups is 1. The Morgan fingerprint density at radius 1 is 1.31 bits per heavy atom. The number of Topliss-reactive ketones (excluding diaryl/α,β-unsaturated/α-hetero) is 1. The van der Waals surface area contributed by atoms with Crippen LogP contribution in [0.2, 0.25) is 0 Å². The molecule has 158 valence electrons. The lowest BCUT2D eigenvalue weighted by Crippen LogP contribution is -2.39. The van der Waals surface area contributed by atoms with Crippen LogP contribution in [0.4, 0.5) is 0 Å². The molecule has 7 nitrogen and oxygen atoms in total. The van der Waals surface area contributed by atoms with E-state index in [0.29, 0.717) is 18.4 Å². The predicted molar refractivity (Wildman–Crippen MR) is 108 cm³/mol. The van der Waals surface area contributed by atoms with Crippen LogP contribution in [0.25, 0.3) is 11.0 Å². The predicted octanol–water partition coefficient (Wildman–Crippen LogP) is 3.25. The van der Waals surface area contributed by atoms with Crippen molar-refractivity contribution in [2.45, 2.75) is 71.7 Å². The highest BCUT2D eigenvalue weighted by Crippen LogP contribution is 2.48. The summed E-state index contributed by atoms with van der Waals surface area (Å²) in [5.74, 6) is -0.907. The zero-order valence-corrected chi connectivity index (χ0v) is 17.4. The topological polar surface area (TPSA) is 117 Å². The third kappa shape index (κ3) is 3.53. The van der Waals surface area contributed by atoms with Crippen LogP contribution >= 0.6 is 0 Å². The number of benzene rings is 1. The Hall–Kier alpha value is -2.38. The van der Waals surface area contributed by atoms with Gasteiger partial charge in [-0.15, -0.1) is 0 Å². The van der Waals surface area contributed by atoms with Crippen molar-refractivity contribution in [1.82, 2.24) is 0 Å². The summed E-state index contributed by atoms with van der Waals surface area (Å²) in [4.78, 5) is 25.3. The van der Waals surface area contributed by atoms with Gasteiger partial charge in [-0.2, -0.15) is 0 Å². The maximum atomic E-state index is 13.1. The number of rotatable bonds is 6. The quantitative estimate of drug-likeness (QED) is 0.500. The molecule has 0 amide bonds. The van der Waals surface area contributed by atoms with Gasteiger partial charge >= 0.3 is 5.63 Å². The molecule has 3 atom stereocenters. The van der Waals surface area contributed by atoms with Crippen LogP contribution in [0.3, 0.4) is 0 Å². The van der Waals surface area contributed by atoms with E-state index in [4.69, 9.17) is 9.15 Å². The van der Waals surface area contributed by atoms with E-state index >= 15 is 0 Å². The Morgan fingerprint density at radius 2 is 1.97 bits per heavy atom. The number of carbonyl (C=O) groups is 1. The van der Waals surface area contributed by atoms with E-state index in [-0.39, 0.29) is 51.7 Å². The van der Waals surface area contributed by atoms with E-state index < -0.39 is 23.4 Å². The van der Waals surface area contributed by atoms with Gasteiger partial charge in [0, 0.05) is 29.5 Å². The summed E-state index contributed by atoms with van der Waals surface area (Å²) >= 11 is 0. The van der Waals surface area contributed by atoms with E-state index in [2.05, 4.69) is 0 Å². The lowest BCUT2D eigenvalue weighted by molar-refractivity contribution is -0.0232. The fourth-order valence-corrected chi connectivity index (χ4v) is 3.68. The minimum atomic E-state index is -1.22. The Bertz CT molecular complexity index is 1010. The highest BCUT2D eigenvalue weighted by molar-refractivity contribution is 6.09. The van der Waals surface area contributed by atoms with Crippen molar-refractivity contribution >= 4 is 16.8 Å². The molecule has 3 rings (SSSR count). The largest absolute Gasteiger partial charge is 0.506 e. The molecule has 0 saturated heterocycles. The molecule has 0 radical (unpaired) electrons. The monoisotopic (exact) mass is 404 g/mol. The third-order valence-corrected chi connectivity index (χ3v) is 5.73. The summed E-state index contributed by atoms with van der Waals surface area (Å²) in [5.41, 5.74) is -1.15. The maximum Gasteiger partial charge on any atom is 0.336 e.